The average Bonchev–Trinajstić information content (AvgIpc) is 3.20. The molecule has 0 aliphatic rings. The van der Waals surface area contributed by atoms with Crippen molar-refractivity contribution >= 4 is 19.8 Å². The summed E-state index contributed by atoms with van der Waals surface area (Å²) in [6.07, 6.45) is 53.5. The molecule has 0 aromatic carbocycles. The third kappa shape index (κ3) is 44.6. The molecule has 0 saturated carbocycles. The molecule has 0 saturated heterocycles. The lowest BCUT2D eigenvalue weighted by Gasteiger charge is -2.20. The Hall–Kier alpha value is -2.81. The van der Waals surface area contributed by atoms with E-state index in [1.807, 2.05) is 26.2 Å². The van der Waals surface area contributed by atoms with Crippen molar-refractivity contribution in [2.24, 2.45) is 0 Å². The number of esters is 2. The molecule has 2 unspecified atom stereocenters. The molecule has 1 N–H and O–H groups in total. The number of rotatable bonds is 41. The van der Waals surface area contributed by atoms with E-state index in [1.54, 1.807) is 4.90 Å². The second-order valence-electron chi connectivity index (χ2n) is 15.2. The van der Waals surface area contributed by atoms with Crippen molar-refractivity contribution in [2.45, 2.75) is 174 Å². The van der Waals surface area contributed by atoms with Gasteiger partial charge in [-0.15, -0.1) is 0 Å². The van der Waals surface area contributed by atoms with E-state index in [-0.39, 0.29) is 26.1 Å². The molecule has 2 atom stereocenters. The van der Waals surface area contributed by atoms with Gasteiger partial charge in [-0.1, -0.05) is 157 Å². The van der Waals surface area contributed by atoms with E-state index >= 15 is 0 Å². The first-order valence-corrected chi connectivity index (χ1v) is 24.4. The monoisotopic (exact) mass is 846 g/mol. The first kappa shape index (κ1) is 56.2. The molecule has 0 fully saturated rings. The highest BCUT2D eigenvalue weighted by molar-refractivity contribution is 7.47. The molecule has 9 nitrogen and oxygen atoms in total. The van der Waals surface area contributed by atoms with Crippen LogP contribution in [0.3, 0.4) is 0 Å². The fourth-order valence-corrected chi connectivity index (χ4v) is 6.38. The van der Waals surface area contributed by atoms with Gasteiger partial charge in [0.15, 0.2) is 6.10 Å². The van der Waals surface area contributed by atoms with Gasteiger partial charge in [0.05, 0.1) is 13.2 Å². The van der Waals surface area contributed by atoms with Crippen molar-refractivity contribution in [2.75, 3.05) is 40.5 Å². The first-order chi connectivity index (χ1) is 28.7. The Morgan fingerprint density at radius 2 is 0.949 bits per heavy atom. The van der Waals surface area contributed by atoms with Crippen molar-refractivity contribution < 1.29 is 37.6 Å². The smallest absolute Gasteiger partial charge is 0.462 e. The number of phosphoric acid groups is 1. The van der Waals surface area contributed by atoms with Crippen LogP contribution in [-0.4, -0.2) is 68.3 Å². The van der Waals surface area contributed by atoms with Gasteiger partial charge in [-0.05, 0) is 97.6 Å². The maximum Gasteiger partial charge on any atom is 0.472 e. The number of ether oxygens (including phenoxy) is 2. The minimum Gasteiger partial charge on any atom is -0.462 e. The van der Waals surface area contributed by atoms with E-state index in [4.69, 9.17) is 18.5 Å². The van der Waals surface area contributed by atoms with Gasteiger partial charge in [-0.25, -0.2) is 4.57 Å². The van der Waals surface area contributed by atoms with Crippen LogP contribution in [0.2, 0.25) is 0 Å². The molecule has 10 heteroatoms. The third-order valence-electron chi connectivity index (χ3n) is 9.19. The molecule has 0 bridgehead atoms. The summed E-state index contributed by atoms with van der Waals surface area (Å²) >= 11 is 0. The van der Waals surface area contributed by atoms with Gasteiger partial charge in [0.2, 0.25) is 0 Å². The molecule has 0 aliphatic carbocycles. The van der Waals surface area contributed by atoms with Crippen molar-refractivity contribution in [1.82, 2.24) is 4.90 Å². The predicted molar refractivity (Wildman–Crippen MR) is 247 cm³/mol. The molecule has 0 radical (unpaired) electrons. The van der Waals surface area contributed by atoms with Crippen molar-refractivity contribution in [3.8, 4) is 0 Å². The van der Waals surface area contributed by atoms with Crippen LogP contribution in [0.5, 0.6) is 0 Å². The zero-order chi connectivity index (χ0) is 43.3. The number of allylic oxidation sites excluding steroid dienone is 14. The van der Waals surface area contributed by atoms with Crippen LogP contribution in [0.15, 0.2) is 85.1 Å². The zero-order valence-corrected chi connectivity index (χ0v) is 38.6. The molecule has 0 rings (SSSR count). The Kier molecular flexibility index (Phi) is 41.2. The summed E-state index contributed by atoms with van der Waals surface area (Å²) in [4.78, 5) is 37.0. The lowest BCUT2D eigenvalue weighted by atomic mass is 10.1. The van der Waals surface area contributed by atoms with Crippen molar-refractivity contribution in [1.29, 1.82) is 0 Å². The highest BCUT2D eigenvalue weighted by Gasteiger charge is 2.26. The minimum atomic E-state index is -4.39. The molecular weight excluding hydrogens is 762 g/mol. The Balaban J connectivity index is 4.42. The molecule has 0 amide bonds. The second kappa shape index (κ2) is 43.3. The largest absolute Gasteiger partial charge is 0.472 e. The van der Waals surface area contributed by atoms with Gasteiger partial charge in [0.25, 0.3) is 0 Å². The summed E-state index contributed by atoms with van der Waals surface area (Å²) < 4.78 is 33.4. The average molecular weight is 846 g/mol. The summed E-state index contributed by atoms with van der Waals surface area (Å²) in [6, 6.07) is 0. The molecule has 0 spiro atoms. The maximum absolute atomic E-state index is 12.6. The fraction of sp³-hybridized carbons (Fsp3) is 0.673. The van der Waals surface area contributed by atoms with Gasteiger partial charge in [0.1, 0.15) is 6.61 Å². The quantitative estimate of drug-likeness (QED) is 0.0278. The van der Waals surface area contributed by atoms with E-state index in [0.29, 0.717) is 19.4 Å². The zero-order valence-electron chi connectivity index (χ0n) is 37.7. The summed E-state index contributed by atoms with van der Waals surface area (Å²) in [5, 5.41) is 0. The van der Waals surface area contributed by atoms with Gasteiger partial charge in [-0.2, -0.15) is 0 Å². The Morgan fingerprint density at radius 3 is 1.42 bits per heavy atom. The number of hydrogen-bond acceptors (Lipinski definition) is 8. The fourth-order valence-electron chi connectivity index (χ4n) is 5.64. The molecule has 59 heavy (non-hydrogen) atoms. The van der Waals surface area contributed by atoms with E-state index in [1.165, 1.54) is 70.6 Å². The van der Waals surface area contributed by atoms with E-state index < -0.39 is 32.5 Å². The SMILES string of the molecule is CCCCC/C=C\C/C=C\C/C=C\C/C=C\C/C=C\CCC(=O)OC(COC(=O)CCCCCCCCC/C=C\C/C=C\CCCCC)COP(=O)(O)OCCN(C)C. The third-order valence-corrected chi connectivity index (χ3v) is 10.2. The normalized spacial score (nSPS) is 14.1. The Morgan fingerprint density at radius 1 is 0.525 bits per heavy atom. The van der Waals surface area contributed by atoms with Gasteiger partial charge in [0, 0.05) is 19.4 Å². The minimum absolute atomic E-state index is 0.0116. The highest BCUT2D eigenvalue weighted by atomic mass is 31.2. The molecule has 338 valence electrons. The van der Waals surface area contributed by atoms with Gasteiger partial charge in [-0.3, -0.25) is 18.6 Å². The summed E-state index contributed by atoms with van der Waals surface area (Å²) in [7, 11) is -0.762. The number of unbranched alkanes of at least 4 members (excludes halogenated alkanes) is 13. The van der Waals surface area contributed by atoms with Crippen LogP contribution in [0.1, 0.15) is 168 Å². The molecule has 0 heterocycles. The summed E-state index contributed by atoms with van der Waals surface area (Å²) in [5.74, 6) is -0.914. The number of nitrogens with zero attached hydrogens (tertiary/aromatic N) is 1. The molecule has 0 aromatic heterocycles. The van der Waals surface area contributed by atoms with E-state index in [2.05, 4.69) is 86.8 Å². The van der Waals surface area contributed by atoms with E-state index in [0.717, 1.165) is 57.8 Å². The van der Waals surface area contributed by atoms with Crippen LogP contribution >= 0.6 is 7.82 Å². The predicted octanol–water partition coefficient (Wildman–Crippen LogP) is 13.4. The van der Waals surface area contributed by atoms with Crippen LogP contribution in [0, 0.1) is 0 Å². The van der Waals surface area contributed by atoms with Crippen molar-refractivity contribution in [3.63, 3.8) is 0 Å². The maximum atomic E-state index is 12.6. The van der Waals surface area contributed by atoms with Crippen LogP contribution in [0.25, 0.3) is 0 Å². The number of hydrogen-bond donors (Lipinski definition) is 1. The number of phosphoric ester groups is 1. The summed E-state index contributed by atoms with van der Waals surface area (Å²) in [6.45, 7) is 4.16. The van der Waals surface area contributed by atoms with Crippen LogP contribution in [0.4, 0.5) is 0 Å². The lowest BCUT2D eigenvalue weighted by molar-refractivity contribution is -0.161. The molecule has 0 aliphatic heterocycles. The van der Waals surface area contributed by atoms with Crippen molar-refractivity contribution in [3.05, 3.63) is 85.1 Å². The van der Waals surface area contributed by atoms with Crippen LogP contribution in [-0.2, 0) is 32.7 Å². The van der Waals surface area contributed by atoms with Gasteiger partial charge >= 0.3 is 19.8 Å². The number of likely N-dealkylation sites (N-methyl/N-ethyl adjacent to an activating group) is 1. The number of carbonyl (C=O) groups is 2. The van der Waals surface area contributed by atoms with E-state index in [9.17, 15) is 19.0 Å². The van der Waals surface area contributed by atoms with Gasteiger partial charge < -0.3 is 19.3 Å². The number of carbonyl (C=O) groups excluding carboxylic acids is 2. The Labute approximate surface area is 360 Å². The van der Waals surface area contributed by atoms with Crippen LogP contribution < -0.4 is 0 Å². The topological polar surface area (TPSA) is 112 Å². The Bertz CT molecular complexity index is 1250. The lowest BCUT2D eigenvalue weighted by Crippen LogP contribution is -2.29. The standard InChI is InChI=1S/C49H84NO8P/c1-5-7-9-11-13-15-17-19-21-23-24-26-28-30-32-34-36-38-40-42-49(52)58-47(46-57-59(53,54)56-44-43-50(3)4)45-55-48(51)41-39-37-35-33-31-29-27-25-22-20-18-16-14-12-10-8-6-2/h13-16,19-22,24,26,30,32,36,38,47H,5-12,17-18,23,25,27-29,31,33-35,37,39-46H2,1-4H3,(H,53,54)/b15-13-,16-14-,21-19-,22-20-,26-24-,32-30-,38-36-. The molecule has 0 aromatic rings. The highest BCUT2D eigenvalue weighted by Crippen LogP contribution is 2.43. The first-order valence-electron chi connectivity index (χ1n) is 22.9. The summed E-state index contributed by atoms with van der Waals surface area (Å²) in [5.41, 5.74) is 0. The second-order valence-corrected chi connectivity index (χ2v) is 16.7. The molecular formula is C49H84NO8P.